The highest BCUT2D eigenvalue weighted by Crippen LogP contribution is 2.17. The minimum Gasteiger partial charge on any atom is -0.326 e. The van der Waals surface area contributed by atoms with Gasteiger partial charge in [0.15, 0.2) is 0 Å². The predicted octanol–water partition coefficient (Wildman–Crippen LogP) is 2.43. The van der Waals surface area contributed by atoms with E-state index in [1.807, 2.05) is 55.9 Å². The van der Waals surface area contributed by atoms with E-state index < -0.39 is 0 Å². The van der Waals surface area contributed by atoms with Gasteiger partial charge in [-0.15, -0.1) is 0 Å². The van der Waals surface area contributed by atoms with Crippen molar-refractivity contribution in [2.45, 2.75) is 26.7 Å². The Morgan fingerprint density at radius 3 is 2.76 bits per heavy atom. The van der Waals surface area contributed by atoms with Crippen LogP contribution in [-0.2, 0) is 4.79 Å². The van der Waals surface area contributed by atoms with Crippen molar-refractivity contribution in [3.63, 3.8) is 0 Å². The van der Waals surface area contributed by atoms with Gasteiger partial charge in [-0.2, -0.15) is 5.10 Å². The normalized spacial score (nSPS) is 10.6. The van der Waals surface area contributed by atoms with E-state index in [0.717, 1.165) is 35.7 Å². The Morgan fingerprint density at radius 1 is 1.29 bits per heavy atom. The highest BCUT2D eigenvalue weighted by Gasteiger charge is 2.06. The molecule has 112 valence electrons. The summed E-state index contributed by atoms with van der Waals surface area (Å²) in [6, 6.07) is 9.77. The van der Waals surface area contributed by atoms with Gasteiger partial charge in [-0.1, -0.05) is 6.07 Å². The summed E-state index contributed by atoms with van der Waals surface area (Å²) in [6.07, 6.45) is 1.35. The van der Waals surface area contributed by atoms with Gasteiger partial charge in [0.1, 0.15) is 0 Å². The van der Waals surface area contributed by atoms with Crippen LogP contribution in [0, 0.1) is 13.8 Å². The molecule has 2 N–H and O–H groups in total. The highest BCUT2D eigenvalue weighted by atomic mass is 16.1. The minimum atomic E-state index is 0.0377. The Balaban J connectivity index is 2.08. The topological polar surface area (TPSA) is 59.0 Å². The lowest BCUT2D eigenvalue weighted by atomic mass is 10.2. The van der Waals surface area contributed by atoms with Gasteiger partial charge in [-0.05, 0) is 58.1 Å². The van der Waals surface area contributed by atoms with Crippen molar-refractivity contribution in [2.75, 3.05) is 18.9 Å². The maximum Gasteiger partial charge on any atom is 0.224 e. The molecular weight excluding hydrogens is 264 g/mol. The second-order valence-corrected chi connectivity index (χ2v) is 5.14. The molecule has 5 heteroatoms. The number of aryl methyl sites for hydroxylation is 2. The number of nitrogens with one attached hydrogen (secondary N) is 2. The molecule has 2 aromatic rings. The first-order valence-corrected chi connectivity index (χ1v) is 7.18. The van der Waals surface area contributed by atoms with Gasteiger partial charge < -0.3 is 10.6 Å². The largest absolute Gasteiger partial charge is 0.326 e. The number of amides is 1. The number of anilines is 1. The van der Waals surface area contributed by atoms with Crippen molar-refractivity contribution in [3.8, 4) is 5.69 Å². The molecule has 1 heterocycles. The van der Waals surface area contributed by atoms with Crippen molar-refractivity contribution in [2.24, 2.45) is 0 Å². The van der Waals surface area contributed by atoms with Gasteiger partial charge in [0.2, 0.25) is 5.91 Å². The standard InChI is InChI=1S/C16H22N4O/c1-12-10-13(2)20(19-12)15-7-4-6-14(11-15)18-16(21)8-5-9-17-3/h4,6-7,10-11,17H,5,8-9H2,1-3H3,(H,18,21). The molecule has 1 aromatic carbocycles. The summed E-state index contributed by atoms with van der Waals surface area (Å²) in [7, 11) is 1.88. The van der Waals surface area contributed by atoms with E-state index in [1.54, 1.807) is 0 Å². The molecule has 2 rings (SSSR count). The number of hydrogen-bond acceptors (Lipinski definition) is 3. The SMILES string of the molecule is CNCCCC(=O)Nc1cccc(-n2nc(C)cc2C)c1. The van der Waals surface area contributed by atoms with Gasteiger partial charge in [0.05, 0.1) is 11.4 Å². The number of aromatic nitrogens is 2. The Hall–Kier alpha value is -2.14. The van der Waals surface area contributed by atoms with Crippen molar-refractivity contribution >= 4 is 11.6 Å². The third-order valence-corrected chi connectivity index (χ3v) is 3.21. The van der Waals surface area contributed by atoms with Crippen molar-refractivity contribution in [1.82, 2.24) is 15.1 Å². The summed E-state index contributed by atoms with van der Waals surface area (Å²) in [5.74, 6) is 0.0377. The molecule has 0 spiro atoms. The lowest BCUT2D eigenvalue weighted by Gasteiger charge is -2.09. The van der Waals surface area contributed by atoms with Crippen molar-refractivity contribution < 1.29 is 4.79 Å². The first kappa shape index (κ1) is 15.3. The Kier molecular flexibility index (Phi) is 5.11. The summed E-state index contributed by atoms with van der Waals surface area (Å²) in [5.41, 5.74) is 3.81. The first-order valence-electron chi connectivity index (χ1n) is 7.18. The van der Waals surface area contributed by atoms with E-state index in [-0.39, 0.29) is 5.91 Å². The quantitative estimate of drug-likeness (QED) is 0.802. The average molecular weight is 286 g/mol. The maximum atomic E-state index is 11.8. The fourth-order valence-corrected chi connectivity index (χ4v) is 2.25. The van der Waals surface area contributed by atoms with Crippen LogP contribution >= 0.6 is 0 Å². The third-order valence-electron chi connectivity index (χ3n) is 3.21. The van der Waals surface area contributed by atoms with Crippen LogP contribution in [0.5, 0.6) is 0 Å². The number of carbonyl (C=O) groups is 1. The maximum absolute atomic E-state index is 11.8. The monoisotopic (exact) mass is 286 g/mol. The van der Waals surface area contributed by atoms with Crippen molar-refractivity contribution in [3.05, 3.63) is 41.7 Å². The lowest BCUT2D eigenvalue weighted by molar-refractivity contribution is -0.116. The van der Waals surface area contributed by atoms with Crippen LogP contribution in [0.4, 0.5) is 5.69 Å². The average Bonchev–Trinajstić information content (AvgIpc) is 2.78. The van der Waals surface area contributed by atoms with Crippen LogP contribution in [0.15, 0.2) is 30.3 Å². The van der Waals surface area contributed by atoms with Crippen LogP contribution in [0.25, 0.3) is 5.69 Å². The summed E-state index contributed by atoms with van der Waals surface area (Å²) in [4.78, 5) is 11.8. The molecule has 1 aromatic heterocycles. The van der Waals surface area contributed by atoms with E-state index in [2.05, 4.69) is 15.7 Å². The van der Waals surface area contributed by atoms with Gasteiger partial charge in [-0.25, -0.2) is 4.68 Å². The van der Waals surface area contributed by atoms with Gasteiger partial charge in [0, 0.05) is 17.8 Å². The number of rotatable bonds is 6. The van der Waals surface area contributed by atoms with Gasteiger partial charge in [-0.3, -0.25) is 4.79 Å². The predicted molar refractivity (Wildman–Crippen MR) is 84.8 cm³/mol. The molecule has 5 nitrogen and oxygen atoms in total. The van der Waals surface area contributed by atoms with Crippen LogP contribution in [0.3, 0.4) is 0 Å². The summed E-state index contributed by atoms with van der Waals surface area (Å²) in [5, 5.41) is 10.4. The zero-order chi connectivity index (χ0) is 15.2. The molecule has 0 saturated heterocycles. The molecule has 0 unspecified atom stereocenters. The first-order chi connectivity index (χ1) is 10.1. The van der Waals surface area contributed by atoms with Crippen molar-refractivity contribution in [1.29, 1.82) is 0 Å². The fraction of sp³-hybridized carbons (Fsp3) is 0.375. The summed E-state index contributed by atoms with van der Waals surface area (Å²) in [6.45, 7) is 4.83. The zero-order valence-electron chi connectivity index (χ0n) is 12.8. The number of hydrogen-bond donors (Lipinski definition) is 2. The third kappa shape index (κ3) is 4.16. The molecule has 0 fully saturated rings. The zero-order valence-corrected chi connectivity index (χ0v) is 12.8. The Morgan fingerprint density at radius 2 is 2.10 bits per heavy atom. The van der Waals surface area contributed by atoms with Gasteiger partial charge >= 0.3 is 0 Å². The second kappa shape index (κ2) is 7.04. The van der Waals surface area contributed by atoms with Crippen LogP contribution < -0.4 is 10.6 Å². The van der Waals surface area contributed by atoms with E-state index in [4.69, 9.17) is 0 Å². The van der Waals surface area contributed by atoms with Crippen LogP contribution in [0.2, 0.25) is 0 Å². The smallest absolute Gasteiger partial charge is 0.224 e. The second-order valence-electron chi connectivity index (χ2n) is 5.14. The van der Waals surface area contributed by atoms with E-state index in [9.17, 15) is 4.79 Å². The molecule has 1 amide bonds. The molecule has 0 aliphatic heterocycles. The highest BCUT2D eigenvalue weighted by molar-refractivity contribution is 5.90. The fourth-order valence-electron chi connectivity index (χ4n) is 2.25. The van der Waals surface area contributed by atoms with E-state index in [0.29, 0.717) is 6.42 Å². The molecule has 0 saturated carbocycles. The number of benzene rings is 1. The minimum absolute atomic E-state index is 0.0377. The number of carbonyl (C=O) groups excluding carboxylic acids is 1. The van der Waals surface area contributed by atoms with Gasteiger partial charge in [0.25, 0.3) is 0 Å². The van der Waals surface area contributed by atoms with Crippen LogP contribution in [0.1, 0.15) is 24.2 Å². The lowest BCUT2D eigenvalue weighted by Crippen LogP contribution is -2.15. The van der Waals surface area contributed by atoms with E-state index >= 15 is 0 Å². The Labute approximate surface area is 125 Å². The molecule has 0 radical (unpaired) electrons. The summed E-state index contributed by atoms with van der Waals surface area (Å²) >= 11 is 0. The summed E-state index contributed by atoms with van der Waals surface area (Å²) < 4.78 is 1.88. The Bertz CT molecular complexity index is 618. The molecule has 0 aliphatic rings. The van der Waals surface area contributed by atoms with Crippen LogP contribution in [-0.4, -0.2) is 29.3 Å². The van der Waals surface area contributed by atoms with E-state index in [1.165, 1.54) is 0 Å². The molecular formula is C16H22N4O. The molecule has 0 aliphatic carbocycles. The molecule has 0 bridgehead atoms. The number of nitrogens with zero attached hydrogens (tertiary/aromatic N) is 2. The molecule has 0 atom stereocenters. The molecule has 21 heavy (non-hydrogen) atoms.